The molecule has 2 aromatic carbocycles. The molecule has 0 aliphatic heterocycles. The first-order chi connectivity index (χ1) is 15.7. The first-order valence-electron chi connectivity index (χ1n) is 10.4. The summed E-state index contributed by atoms with van der Waals surface area (Å²) in [6.07, 6.45) is -0.661. The Morgan fingerprint density at radius 3 is 2.42 bits per heavy atom. The highest BCUT2D eigenvalue weighted by Crippen LogP contribution is 2.41. The SMILES string of the molecule is COc1ccccc1-c1nc(C(O)OC)c(C(OS(C)=O)c2ccc(Cl)cc2C)n1C(C)C. The molecule has 0 bridgehead atoms. The molecule has 3 unspecified atom stereocenters. The van der Waals surface area contributed by atoms with Crippen molar-refractivity contribution in [2.24, 2.45) is 0 Å². The van der Waals surface area contributed by atoms with Crippen molar-refractivity contribution in [1.82, 2.24) is 9.55 Å². The third-order valence-electron chi connectivity index (χ3n) is 5.29. The Balaban J connectivity index is 2.40. The van der Waals surface area contributed by atoms with Gasteiger partial charge in [-0.3, -0.25) is 4.18 Å². The van der Waals surface area contributed by atoms with Gasteiger partial charge in [0.1, 0.15) is 23.4 Å². The molecule has 0 aliphatic rings. The molecular weight excluding hydrogens is 464 g/mol. The summed E-state index contributed by atoms with van der Waals surface area (Å²) in [7, 11) is 2.99. The molecule has 0 radical (unpaired) electrons. The molecule has 0 fully saturated rings. The van der Waals surface area contributed by atoms with Gasteiger partial charge in [-0.1, -0.05) is 29.8 Å². The molecule has 3 aromatic rings. The molecule has 7 nitrogen and oxygen atoms in total. The van der Waals surface area contributed by atoms with Crippen LogP contribution in [0.5, 0.6) is 5.75 Å². The Hall–Kier alpha value is -2.23. The van der Waals surface area contributed by atoms with E-state index < -0.39 is 23.5 Å². The zero-order valence-corrected chi connectivity index (χ0v) is 21.1. The highest BCUT2D eigenvalue weighted by molar-refractivity contribution is 7.79. The largest absolute Gasteiger partial charge is 0.496 e. The van der Waals surface area contributed by atoms with Crippen molar-refractivity contribution in [2.75, 3.05) is 20.5 Å². The molecule has 1 N–H and O–H groups in total. The fraction of sp³-hybridized carbons (Fsp3) is 0.375. The summed E-state index contributed by atoms with van der Waals surface area (Å²) in [5.41, 5.74) is 3.17. The number of hydrogen-bond acceptors (Lipinski definition) is 6. The number of nitrogens with zero attached hydrogens (tertiary/aromatic N) is 2. The first kappa shape index (κ1) is 25.4. The van der Waals surface area contributed by atoms with E-state index in [0.29, 0.717) is 22.3 Å². The quantitative estimate of drug-likeness (QED) is 0.416. The molecule has 178 valence electrons. The summed E-state index contributed by atoms with van der Waals surface area (Å²) in [5.74, 6) is 1.21. The van der Waals surface area contributed by atoms with Crippen LogP contribution in [0.2, 0.25) is 5.02 Å². The van der Waals surface area contributed by atoms with Gasteiger partial charge in [0.2, 0.25) is 0 Å². The number of imidazole rings is 1. The molecule has 1 aromatic heterocycles. The molecule has 0 spiro atoms. The van der Waals surface area contributed by atoms with E-state index in [-0.39, 0.29) is 11.7 Å². The van der Waals surface area contributed by atoms with Gasteiger partial charge in [-0.15, -0.1) is 0 Å². The van der Waals surface area contributed by atoms with E-state index in [2.05, 4.69) is 0 Å². The van der Waals surface area contributed by atoms with Gasteiger partial charge in [-0.2, -0.15) is 0 Å². The van der Waals surface area contributed by atoms with Gasteiger partial charge >= 0.3 is 0 Å². The van der Waals surface area contributed by atoms with E-state index >= 15 is 0 Å². The van der Waals surface area contributed by atoms with Crippen molar-refractivity contribution >= 4 is 22.7 Å². The summed E-state index contributed by atoms with van der Waals surface area (Å²) in [6.45, 7) is 5.91. The fourth-order valence-corrected chi connectivity index (χ4v) is 4.56. The maximum Gasteiger partial charge on any atom is 0.200 e. The van der Waals surface area contributed by atoms with Crippen molar-refractivity contribution in [3.05, 3.63) is 70.0 Å². The Bertz CT molecular complexity index is 1150. The minimum Gasteiger partial charge on any atom is -0.496 e. The normalized spacial score (nSPS) is 14.3. The molecule has 3 rings (SSSR count). The molecule has 0 saturated heterocycles. The zero-order valence-electron chi connectivity index (χ0n) is 19.5. The molecular formula is C24H29ClN2O5S. The van der Waals surface area contributed by atoms with E-state index in [1.54, 1.807) is 13.2 Å². The van der Waals surface area contributed by atoms with Gasteiger partial charge in [0.05, 0.1) is 18.4 Å². The van der Waals surface area contributed by atoms with Gasteiger partial charge < -0.3 is 19.1 Å². The minimum absolute atomic E-state index is 0.0887. The van der Waals surface area contributed by atoms with Gasteiger partial charge in [-0.25, -0.2) is 9.19 Å². The molecule has 33 heavy (non-hydrogen) atoms. The second-order valence-electron chi connectivity index (χ2n) is 7.84. The lowest BCUT2D eigenvalue weighted by atomic mass is 9.99. The Kier molecular flexibility index (Phi) is 8.31. The molecule has 0 aliphatic carbocycles. The Morgan fingerprint density at radius 1 is 1.15 bits per heavy atom. The maximum absolute atomic E-state index is 12.3. The number of benzene rings is 2. The van der Waals surface area contributed by atoms with Gasteiger partial charge in [0.15, 0.2) is 17.4 Å². The van der Waals surface area contributed by atoms with Crippen LogP contribution >= 0.6 is 11.6 Å². The number of aliphatic hydroxyl groups excluding tert-OH is 1. The van der Waals surface area contributed by atoms with Crippen molar-refractivity contribution in [2.45, 2.75) is 39.2 Å². The smallest absolute Gasteiger partial charge is 0.200 e. The number of aliphatic hydroxyl groups is 1. The summed E-state index contributed by atoms with van der Waals surface area (Å²) in [4.78, 5) is 4.78. The monoisotopic (exact) mass is 492 g/mol. The van der Waals surface area contributed by atoms with Crippen LogP contribution in [0, 0.1) is 6.92 Å². The third kappa shape index (κ3) is 5.31. The number of methoxy groups -OCH3 is 2. The van der Waals surface area contributed by atoms with E-state index in [1.165, 1.54) is 13.4 Å². The predicted octanol–water partition coefficient (Wildman–Crippen LogP) is 5.14. The lowest BCUT2D eigenvalue weighted by Crippen LogP contribution is -2.19. The number of ether oxygens (including phenoxy) is 2. The highest BCUT2D eigenvalue weighted by atomic mass is 35.5. The third-order valence-corrected chi connectivity index (χ3v) is 5.99. The number of aryl methyl sites for hydroxylation is 1. The molecule has 0 amide bonds. The van der Waals surface area contributed by atoms with E-state index in [1.807, 2.05) is 61.7 Å². The average Bonchev–Trinajstić information content (AvgIpc) is 3.17. The minimum atomic E-state index is -1.62. The van der Waals surface area contributed by atoms with Crippen LogP contribution in [0.4, 0.5) is 0 Å². The molecule has 1 heterocycles. The van der Waals surface area contributed by atoms with Crippen LogP contribution in [-0.2, 0) is 20.0 Å². The maximum atomic E-state index is 12.3. The van der Waals surface area contributed by atoms with Gasteiger partial charge in [-0.05, 0) is 56.2 Å². The van der Waals surface area contributed by atoms with Crippen molar-refractivity contribution in [1.29, 1.82) is 0 Å². The van der Waals surface area contributed by atoms with E-state index in [9.17, 15) is 9.32 Å². The Morgan fingerprint density at radius 2 is 1.85 bits per heavy atom. The lowest BCUT2D eigenvalue weighted by molar-refractivity contribution is -0.0809. The molecule has 3 atom stereocenters. The number of rotatable bonds is 9. The fourth-order valence-electron chi connectivity index (χ4n) is 3.87. The summed E-state index contributed by atoms with van der Waals surface area (Å²) in [6, 6.07) is 12.8. The van der Waals surface area contributed by atoms with E-state index in [4.69, 9.17) is 30.2 Å². The van der Waals surface area contributed by atoms with Crippen LogP contribution in [-0.4, -0.2) is 39.3 Å². The summed E-state index contributed by atoms with van der Waals surface area (Å²) < 4.78 is 31.0. The second kappa shape index (κ2) is 10.8. The first-order valence-corrected chi connectivity index (χ1v) is 12.3. The lowest BCUT2D eigenvalue weighted by Gasteiger charge is -2.25. The predicted molar refractivity (Wildman–Crippen MR) is 130 cm³/mol. The van der Waals surface area contributed by atoms with Gasteiger partial charge in [0, 0.05) is 24.4 Å². The van der Waals surface area contributed by atoms with Crippen molar-refractivity contribution in [3.8, 4) is 17.1 Å². The van der Waals surface area contributed by atoms with Crippen LogP contribution in [0.1, 0.15) is 54.8 Å². The summed E-state index contributed by atoms with van der Waals surface area (Å²) in [5, 5.41) is 11.3. The summed E-state index contributed by atoms with van der Waals surface area (Å²) >= 11 is 4.57. The standard InChI is InChI=1S/C24H29ClN2O5S/c1-14(2)27-21(22(32-33(6)29)17-12-11-16(25)13-15(17)3)20(24(28)31-5)26-23(27)18-9-7-8-10-19(18)30-4/h7-14,22,24,28H,1-6H3. The number of aromatic nitrogens is 2. The van der Waals surface area contributed by atoms with Gasteiger partial charge in [0.25, 0.3) is 0 Å². The zero-order chi connectivity index (χ0) is 24.3. The highest BCUT2D eigenvalue weighted by Gasteiger charge is 2.34. The van der Waals surface area contributed by atoms with Crippen LogP contribution in [0.3, 0.4) is 0 Å². The van der Waals surface area contributed by atoms with Crippen molar-refractivity contribution in [3.63, 3.8) is 0 Å². The van der Waals surface area contributed by atoms with Crippen LogP contribution in [0.25, 0.3) is 11.4 Å². The number of hydrogen-bond donors (Lipinski definition) is 1. The topological polar surface area (TPSA) is 82.8 Å². The number of halogens is 1. The average molecular weight is 493 g/mol. The Labute approximate surface area is 201 Å². The van der Waals surface area contributed by atoms with E-state index in [0.717, 1.165) is 16.7 Å². The van der Waals surface area contributed by atoms with Crippen molar-refractivity contribution < 1.29 is 23.0 Å². The second-order valence-corrected chi connectivity index (χ2v) is 9.27. The molecule has 9 heteroatoms. The molecule has 0 saturated carbocycles. The van der Waals surface area contributed by atoms with Crippen LogP contribution < -0.4 is 4.74 Å². The van der Waals surface area contributed by atoms with Crippen LogP contribution in [0.15, 0.2) is 42.5 Å². The number of para-hydroxylation sites is 1.